The standard InChI is InChI=1S/C42H30N.C11H8N.Ir/c1-3-9-30(10-4-1)14-16-32-18-22-37-38-23-19-33(17-15-31-11-5-2-6-12-31)26-40(38)42(39(37)25-32)28-35-21-20-34(27-36(35)29-42)41-13-7-8-24-43-41;1-2-6-10(7-3-1)11-8-4-5-9-12-11;/h1-19,21-27H,28-29H2;1-6,8-9H;/q2*-1;/b16-14+,17-15+;;. The third-order valence-corrected chi connectivity index (χ3v) is 10.7. The van der Waals surface area contributed by atoms with Crippen LogP contribution in [0.1, 0.15) is 44.5 Å². The molecule has 0 atom stereocenters. The summed E-state index contributed by atoms with van der Waals surface area (Å²) in [5.41, 5.74) is 17.2. The van der Waals surface area contributed by atoms with Gasteiger partial charge in [-0.2, -0.15) is 0 Å². The number of hydrogen-bond donors (Lipinski definition) is 0. The molecule has 0 unspecified atom stereocenters. The van der Waals surface area contributed by atoms with Crippen molar-refractivity contribution < 1.29 is 20.1 Å². The molecule has 0 N–H and O–H groups in total. The van der Waals surface area contributed by atoms with E-state index in [9.17, 15) is 0 Å². The fraction of sp³-hybridized carbons (Fsp3) is 0.0566. The minimum atomic E-state index is -0.114. The molecule has 8 aromatic rings. The van der Waals surface area contributed by atoms with E-state index in [1.165, 1.54) is 55.6 Å². The van der Waals surface area contributed by atoms with Gasteiger partial charge in [0, 0.05) is 37.9 Å². The van der Waals surface area contributed by atoms with Crippen molar-refractivity contribution in [3.8, 4) is 33.6 Å². The minimum absolute atomic E-state index is 0. The molecule has 0 saturated carbocycles. The first-order chi connectivity index (χ1) is 27.2. The van der Waals surface area contributed by atoms with E-state index in [4.69, 9.17) is 0 Å². The molecular formula is C53H38IrN2-2. The van der Waals surface area contributed by atoms with E-state index in [1.807, 2.05) is 60.8 Å². The van der Waals surface area contributed by atoms with Crippen molar-refractivity contribution in [1.29, 1.82) is 0 Å². The van der Waals surface area contributed by atoms with Gasteiger partial charge < -0.3 is 9.97 Å². The second-order valence-corrected chi connectivity index (χ2v) is 14.1. The molecule has 6 aromatic carbocycles. The molecule has 56 heavy (non-hydrogen) atoms. The largest absolute Gasteiger partial charge is 0.305 e. The van der Waals surface area contributed by atoms with Crippen LogP contribution in [-0.4, -0.2) is 9.97 Å². The molecular weight excluding hydrogens is 857 g/mol. The molecule has 0 amide bonds. The topological polar surface area (TPSA) is 25.8 Å². The van der Waals surface area contributed by atoms with E-state index < -0.39 is 0 Å². The summed E-state index contributed by atoms with van der Waals surface area (Å²) >= 11 is 0. The summed E-state index contributed by atoms with van der Waals surface area (Å²) in [6.45, 7) is 0. The molecule has 10 rings (SSSR count). The van der Waals surface area contributed by atoms with Crippen LogP contribution >= 0.6 is 0 Å². The van der Waals surface area contributed by atoms with Crippen LogP contribution in [0.4, 0.5) is 0 Å². The second kappa shape index (κ2) is 16.6. The fourth-order valence-electron chi connectivity index (χ4n) is 7.98. The van der Waals surface area contributed by atoms with Gasteiger partial charge in [0.1, 0.15) is 0 Å². The molecule has 1 radical (unpaired) electrons. The summed E-state index contributed by atoms with van der Waals surface area (Å²) in [4.78, 5) is 8.82. The van der Waals surface area contributed by atoms with Gasteiger partial charge >= 0.3 is 0 Å². The minimum Gasteiger partial charge on any atom is -0.305 e. The van der Waals surface area contributed by atoms with E-state index in [0.717, 1.165) is 35.4 Å². The Kier molecular flexibility index (Phi) is 10.9. The number of nitrogens with zero attached hydrogens (tertiary/aromatic N) is 2. The zero-order chi connectivity index (χ0) is 36.9. The Hall–Kier alpha value is -6.25. The average Bonchev–Trinajstić information content (AvgIpc) is 3.78. The average molecular weight is 895 g/mol. The SMILES string of the molecule is [Ir].[c-]1cc2c(cc1-c1ccccn1)CC1(C2)c2cc(/C=C/c3ccccc3)ccc2-c2ccc(/C=C/c3ccccc3)cc21.[c-]1ccccc1-c1ccccn1. The van der Waals surface area contributed by atoms with Crippen molar-refractivity contribution >= 4 is 24.3 Å². The maximum absolute atomic E-state index is 4.60. The third-order valence-electron chi connectivity index (χ3n) is 10.7. The Balaban J connectivity index is 0.000000290. The number of hydrogen-bond acceptors (Lipinski definition) is 2. The molecule has 2 aliphatic rings. The monoisotopic (exact) mass is 895 g/mol. The van der Waals surface area contributed by atoms with Crippen LogP contribution in [0, 0.1) is 12.1 Å². The summed E-state index contributed by atoms with van der Waals surface area (Å²) < 4.78 is 0. The quantitative estimate of drug-likeness (QED) is 0.123. The van der Waals surface area contributed by atoms with E-state index in [2.05, 4.69) is 162 Å². The van der Waals surface area contributed by atoms with Gasteiger partial charge in [-0.15, -0.1) is 70.8 Å². The van der Waals surface area contributed by atoms with Gasteiger partial charge in [-0.3, -0.25) is 0 Å². The number of benzene rings is 6. The first-order valence-electron chi connectivity index (χ1n) is 18.8. The molecule has 2 aromatic heterocycles. The van der Waals surface area contributed by atoms with Gasteiger partial charge in [0.15, 0.2) is 0 Å². The van der Waals surface area contributed by atoms with Crippen LogP contribution in [0.15, 0.2) is 182 Å². The Labute approximate surface area is 343 Å². The Morgan fingerprint density at radius 2 is 0.964 bits per heavy atom. The molecule has 0 saturated heterocycles. The van der Waals surface area contributed by atoms with Crippen molar-refractivity contribution in [3.05, 3.63) is 239 Å². The summed E-state index contributed by atoms with van der Waals surface area (Å²) in [5.74, 6) is 0. The van der Waals surface area contributed by atoms with Crippen molar-refractivity contribution in [2.45, 2.75) is 18.3 Å². The second-order valence-electron chi connectivity index (χ2n) is 14.1. The normalized spacial score (nSPS) is 13.1. The van der Waals surface area contributed by atoms with Crippen LogP contribution < -0.4 is 0 Å². The summed E-state index contributed by atoms with van der Waals surface area (Å²) in [7, 11) is 0. The van der Waals surface area contributed by atoms with Crippen molar-refractivity contribution in [3.63, 3.8) is 0 Å². The van der Waals surface area contributed by atoms with Gasteiger partial charge in [-0.05, 0) is 80.9 Å². The molecule has 2 heterocycles. The van der Waals surface area contributed by atoms with E-state index in [1.54, 1.807) is 6.20 Å². The van der Waals surface area contributed by atoms with Crippen molar-refractivity contribution in [2.24, 2.45) is 0 Å². The molecule has 2 nitrogen and oxygen atoms in total. The van der Waals surface area contributed by atoms with E-state index in [-0.39, 0.29) is 25.5 Å². The Morgan fingerprint density at radius 1 is 0.446 bits per heavy atom. The molecule has 271 valence electrons. The summed E-state index contributed by atoms with van der Waals surface area (Å²) in [6.07, 6.45) is 14.5. The van der Waals surface area contributed by atoms with Gasteiger partial charge in [0.2, 0.25) is 0 Å². The maximum atomic E-state index is 4.60. The number of aromatic nitrogens is 2. The first kappa shape index (κ1) is 36.7. The predicted molar refractivity (Wildman–Crippen MR) is 228 cm³/mol. The van der Waals surface area contributed by atoms with Crippen LogP contribution in [0.5, 0.6) is 0 Å². The van der Waals surface area contributed by atoms with Crippen LogP contribution in [0.3, 0.4) is 0 Å². The zero-order valence-corrected chi connectivity index (χ0v) is 33.2. The maximum Gasteiger partial charge on any atom is 0.0201 e. The van der Waals surface area contributed by atoms with Crippen molar-refractivity contribution in [1.82, 2.24) is 9.97 Å². The van der Waals surface area contributed by atoms with E-state index in [0.29, 0.717) is 0 Å². The predicted octanol–water partition coefficient (Wildman–Crippen LogP) is 12.5. The van der Waals surface area contributed by atoms with Gasteiger partial charge in [-0.1, -0.05) is 146 Å². The van der Waals surface area contributed by atoms with E-state index >= 15 is 0 Å². The van der Waals surface area contributed by atoms with Crippen LogP contribution in [0.2, 0.25) is 0 Å². The molecule has 0 aliphatic heterocycles. The summed E-state index contributed by atoms with van der Waals surface area (Å²) in [6, 6.07) is 66.1. The first-order valence-corrected chi connectivity index (χ1v) is 18.8. The van der Waals surface area contributed by atoms with Gasteiger partial charge in [-0.25, -0.2) is 0 Å². The molecule has 0 fully saturated rings. The molecule has 1 spiro atoms. The smallest absolute Gasteiger partial charge is 0.0201 e. The zero-order valence-electron chi connectivity index (χ0n) is 30.8. The fourth-order valence-corrected chi connectivity index (χ4v) is 7.98. The molecule has 3 heteroatoms. The number of pyridine rings is 2. The van der Waals surface area contributed by atoms with Crippen molar-refractivity contribution in [2.75, 3.05) is 0 Å². The third kappa shape index (κ3) is 7.66. The number of fused-ring (bicyclic) bond motifs is 6. The van der Waals surface area contributed by atoms with Gasteiger partial charge in [0.05, 0.1) is 0 Å². The molecule has 2 aliphatic carbocycles. The van der Waals surface area contributed by atoms with Gasteiger partial charge in [0.25, 0.3) is 0 Å². The Bertz CT molecular complexity index is 2480. The molecule has 0 bridgehead atoms. The number of rotatable bonds is 6. The van der Waals surface area contributed by atoms with Crippen LogP contribution in [-0.2, 0) is 38.4 Å². The summed E-state index contributed by atoms with van der Waals surface area (Å²) in [5, 5.41) is 0. The Morgan fingerprint density at radius 3 is 1.50 bits per heavy atom. The van der Waals surface area contributed by atoms with Crippen LogP contribution in [0.25, 0.3) is 57.9 Å².